The highest BCUT2D eigenvalue weighted by molar-refractivity contribution is 14.0. The number of aromatic nitrogens is 1. The highest BCUT2D eigenvalue weighted by Crippen LogP contribution is 2.24. The number of guanidine groups is 1. The second-order valence-corrected chi connectivity index (χ2v) is 7.89. The monoisotopic (exact) mass is 514 g/mol. The third-order valence-corrected chi connectivity index (χ3v) is 5.61. The number of rotatable bonds is 6. The van der Waals surface area contributed by atoms with Crippen molar-refractivity contribution in [3.8, 4) is 0 Å². The van der Waals surface area contributed by atoms with Gasteiger partial charge in [-0.2, -0.15) is 0 Å². The molecule has 0 atom stereocenters. The van der Waals surface area contributed by atoms with Crippen LogP contribution in [-0.2, 0) is 6.54 Å². The van der Waals surface area contributed by atoms with Gasteiger partial charge >= 0.3 is 0 Å². The summed E-state index contributed by atoms with van der Waals surface area (Å²) in [7, 11) is 4.01. The van der Waals surface area contributed by atoms with Crippen molar-refractivity contribution in [2.45, 2.75) is 32.4 Å². The molecule has 154 valence electrons. The van der Waals surface area contributed by atoms with Gasteiger partial charge in [0.1, 0.15) is 5.82 Å². The average Bonchev–Trinajstić information content (AvgIpc) is 3.22. The molecule has 3 heterocycles. The summed E-state index contributed by atoms with van der Waals surface area (Å²) in [6.07, 6.45) is 4.10. The van der Waals surface area contributed by atoms with Crippen molar-refractivity contribution in [1.82, 2.24) is 15.6 Å². The van der Waals surface area contributed by atoms with Crippen molar-refractivity contribution in [2.24, 2.45) is 4.99 Å². The lowest BCUT2D eigenvalue weighted by molar-refractivity contribution is 0.463. The van der Waals surface area contributed by atoms with Gasteiger partial charge in [-0.1, -0.05) is 0 Å². The van der Waals surface area contributed by atoms with Gasteiger partial charge < -0.3 is 20.4 Å². The van der Waals surface area contributed by atoms with Crippen LogP contribution in [0, 0.1) is 0 Å². The second-order valence-electron chi connectivity index (χ2n) is 6.97. The lowest BCUT2D eigenvalue weighted by Gasteiger charge is -2.33. The number of thiophene rings is 1. The topological polar surface area (TPSA) is 55.8 Å². The highest BCUT2D eigenvalue weighted by Gasteiger charge is 2.20. The van der Waals surface area contributed by atoms with Crippen LogP contribution in [0.5, 0.6) is 0 Å². The van der Waals surface area contributed by atoms with Crippen molar-refractivity contribution in [2.75, 3.05) is 43.5 Å². The molecule has 8 heteroatoms. The zero-order valence-electron chi connectivity index (χ0n) is 16.9. The van der Waals surface area contributed by atoms with E-state index in [-0.39, 0.29) is 24.0 Å². The fraction of sp³-hybridized carbons (Fsp3) is 0.500. The number of nitrogens with one attached hydrogen (secondary N) is 2. The summed E-state index contributed by atoms with van der Waals surface area (Å²) in [4.78, 5) is 13.6. The third-order valence-electron chi connectivity index (χ3n) is 4.69. The van der Waals surface area contributed by atoms with Crippen LogP contribution < -0.4 is 20.4 Å². The minimum Gasteiger partial charge on any atom is -0.363 e. The van der Waals surface area contributed by atoms with Crippen molar-refractivity contribution in [3.63, 3.8) is 0 Å². The number of pyridine rings is 1. The molecule has 0 bridgehead atoms. The van der Waals surface area contributed by atoms with Crippen molar-refractivity contribution >= 4 is 52.1 Å². The largest absolute Gasteiger partial charge is 0.363 e. The molecule has 2 aromatic heterocycles. The van der Waals surface area contributed by atoms with Crippen molar-refractivity contribution < 1.29 is 0 Å². The fourth-order valence-electron chi connectivity index (χ4n) is 3.18. The van der Waals surface area contributed by atoms with E-state index in [0.29, 0.717) is 12.6 Å². The van der Waals surface area contributed by atoms with Gasteiger partial charge in [-0.3, -0.25) is 0 Å². The van der Waals surface area contributed by atoms with Gasteiger partial charge in [-0.25, -0.2) is 9.98 Å². The molecular weight excluding hydrogens is 483 g/mol. The number of halogens is 1. The third kappa shape index (κ3) is 6.51. The van der Waals surface area contributed by atoms with Gasteiger partial charge in [0.2, 0.25) is 0 Å². The Hall–Kier alpha value is -1.55. The lowest BCUT2D eigenvalue weighted by Crippen LogP contribution is -2.48. The first-order valence-electron chi connectivity index (χ1n) is 9.61. The van der Waals surface area contributed by atoms with E-state index in [0.717, 1.165) is 44.3 Å². The van der Waals surface area contributed by atoms with Gasteiger partial charge in [-0.15, -0.1) is 35.3 Å². The number of anilines is 2. The summed E-state index contributed by atoms with van der Waals surface area (Å²) in [5.41, 5.74) is 1.17. The van der Waals surface area contributed by atoms with E-state index in [4.69, 9.17) is 4.99 Å². The first-order valence-corrected chi connectivity index (χ1v) is 10.5. The summed E-state index contributed by atoms with van der Waals surface area (Å²) in [6, 6.07) is 8.92. The minimum absolute atomic E-state index is 0. The molecule has 2 aromatic rings. The fourth-order valence-corrected chi connectivity index (χ4v) is 3.97. The lowest BCUT2D eigenvalue weighted by atomic mass is 10.1. The van der Waals surface area contributed by atoms with E-state index < -0.39 is 0 Å². The van der Waals surface area contributed by atoms with Crippen LogP contribution >= 0.6 is 35.3 Å². The minimum atomic E-state index is 0. The quantitative estimate of drug-likeness (QED) is 0.351. The number of hydrogen-bond acceptors (Lipinski definition) is 5. The average molecular weight is 514 g/mol. The second kappa shape index (κ2) is 11.5. The zero-order chi connectivity index (χ0) is 19.1. The van der Waals surface area contributed by atoms with E-state index in [2.05, 4.69) is 51.0 Å². The van der Waals surface area contributed by atoms with Crippen LogP contribution in [0.15, 0.2) is 40.8 Å². The summed E-state index contributed by atoms with van der Waals surface area (Å²) < 4.78 is 0. The van der Waals surface area contributed by atoms with Gasteiger partial charge in [0.05, 0.1) is 11.5 Å². The Morgan fingerprint density at radius 2 is 2.11 bits per heavy atom. The van der Waals surface area contributed by atoms with Crippen LogP contribution in [0.1, 0.15) is 25.3 Å². The molecule has 0 aromatic carbocycles. The summed E-state index contributed by atoms with van der Waals surface area (Å²) in [5, 5.41) is 10.5. The Morgan fingerprint density at radius 1 is 1.32 bits per heavy atom. The SMILES string of the molecule is CCNC(=NCc1ccnc(N(C)C)c1)NC1CCN(c2cccs2)CC1.I. The summed E-state index contributed by atoms with van der Waals surface area (Å²) in [6.45, 7) is 5.79. The van der Waals surface area contributed by atoms with E-state index in [1.54, 1.807) is 0 Å². The molecule has 0 amide bonds. The van der Waals surface area contributed by atoms with Gasteiger partial charge in [-0.05, 0) is 55.0 Å². The Labute approximate surface area is 189 Å². The molecular formula is C20H31IN6S. The first kappa shape index (κ1) is 22.7. The molecule has 6 nitrogen and oxygen atoms in total. The van der Waals surface area contributed by atoms with Gasteiger partial charge in [0.25, 0.3) is 0 Å². The molecule has 0 aliphatic carbocycles. The van der Waals surface area contributed by atoms with Crippen LogP contribution in [-0.4, -0.2) is 50.7 Å². The first-order chi connectivity index (χ1) is 13.2. The Morgan fingerprint density at radius 3 is 2.75 bits per heavy atom. The van der Waals surface area contributed by atoms with Crippen LogP contribution in [0.4, 0.5) is 10.8 Å². The highest BCUT2D eigenvalue weighted by atomic mass is 127. The zero-order valence-corrected chi connectivity index (χ0v) is 20.0. The maximum absolute atomic E-state index is 4.78. The molecule has 2 N–H and O–H groups in total. The molecule has 0 saturated carbocycles. The molecule has 1 aliphatic rings. The van der Waals surface area contributed by atoms with Crippen LogP contribution in [0.25, 0.3) is 0 Å². The Balaban J connectivity index is 0.00000280. The smallest absolute Gasteiger partial charge is 0.191 e. The molecule has 0 unspecified atom stereocenters. The molecule has 3 rings (SSSR count). The summed E-state index contributed by atoms with van der Waals surface area (Å²) in [5.74, 6) is 1.86. The van der Waals surface area contributed by atoms with E-state index in [1.165, 1.54) is 10.6 Å². The predicted molar refractivity (Wildman–Crippen MR) is 131 cm³/mol. The molecule has 0 spiro atoms. The normalized spacial score (nSPS) is 15.1. The maximum atomic E-state index is 4.78. The van der Waals surface area contributed by atoms with Gasteiger partial charge in [0.15, 0.2) is 5.96 Å². The molecule has 28 heavy (non-hydrogen) atoms. The Kier molecular flexibility index (Phi) is 9.30. The van der Waals surface area contributed by atoms with Crippen molar-refractivity contribution in [1.29, 1.82) is 0 Å². The number of aliphatic imine (C=N–C) groups is 1. The molecule has 0 radical (unpaired) electrons. The standard InChI is InChI=1S/C20H30N6S.HI/c1-4-21-20(23-15-16-7-10-22-18(14-16)25(2)3)24-17-8-11-26(12-9-17)19-6-5-13-27-19;/h5-7,10,13-14,17H,4,8-9,11-12,15H2,1-3H3,(H2,21,23,24);1H. The Bertz CT molecular complexity index is 726. The maximum Gasteiger partial charge on any atom is 0.191 e. The van der Waals surface area contributed by atoms with E-state index in [9.17, 15) is 0 Å². The molecule has 1 aliphatic heterocycles. The van der Waals surface area contributed by atoms with Gasteiger partial charge in [0, 0.05) is 46.0 Å². The number of hydrogen-bond donors (Lipinski definition) is 2. The van der Waals surface area contributed by atoms with E-state index in [1.807, 2.05) is 42.6 Å². The van der Waals surface area contributed by atoms with Crippen molar-refractivity contribution in [3.05, 3.63) is 41.4 Å². The van der Waals surface area contributed by atoms with E-state index >= 15 is 0 Å². The van der Waals surface area contributed by atoms with Crippen LogP contribution in [0.2, 0.25) is 0 Å². The van der Waals surface area contributed by atoms with Crippen LogP contribution in [0.3, 0.4) is 0 Å². The number of nitrogens with zero attached hydrogens (tertiary/aromatic N) is 4. The molecule has 1 fully saturated rings. The number of piperidine rings is 1. The molecule has 1 saturated heterocycles. The predicted octanol–water partition coefficient (Wildman–Crippen LogP) is 3.55. The summed E-state index contributed by atoms with van der Waals surface area (Å²) >= 11 is 1.82.